The molecule has 0 saturated carbocycles. The molecule has 2 N–H and O–H groups in total. The molecule has 1 aromatic carbocycles. The van der Waals surface area contributed by atoms with Gasteiger partial charge in [0.1, 0.15) is 11.4 Å². The maximum absolute atomic E-state index is 11.5. The number of hydrogen-bond donors (Lipinski definition) is 2. The van der Waals surface area contributed by atoms with Crippen LogP contribution in [0.4, 0.5) is 0 Å². The minimum Gasteiger partial charge on any atom is -0.493 e. The summed E-state index contributed by atoms with van der Waals surface area (Å²) in [4.78, 5) is 24.8. The van der Waals surface area contributed by atoms with E-state index in [0.29, 0.717) is 34.7 Å². The lowest BCUT2D eigenvalue weighted by Crippen LogP contribution is -2.15. The van der Waals surface area contributed by atoms with Gasteiger partial charge >= 0.3 is 5.97 Å². The molecule has 0 aliphatic rings. The second kappa shape index (κ2) is 6.71. The van der Waals surface area contributed by atoms with Gasteiger partial charge in [0.05, 0.1) is 12.2 Å². The van der Waals surface area contributed by atoms with Crippen LogP contribution in [0.5, 0.6) is 5.75 Å². The van der Waals surface area contributed by atoms with Crippen molar-refractivity contribution in [2.45, 2.75) is 12.1 Å². The van der Waals surface area contributed by atoms with Crippen molar-refractivity contribution in [3.05, 3.63) is 45.9 Å². The van der Waals surface area contributed by atoms with Gasteiger partial charge in [-0.25, -0.2) is 4.79 Å². The number of hydrogen-bond acceptors (Lipinski definition) is 7. The third-order valence-corrected chi connectivity index (χ3v) is 3.98. The Morgan fingerprint density at radius 3 is 2.79 bits per heavy atom. The molecular formula is C14H13N5O4S. The van der Waals surface area contributed by atoms with Gasteiger partial charge in [0.15, 0.2) is 0 Å². The molecule has 124 valence electrons. The van der Waals surface area contributed by atoms with Gasteiger partial charge in [-0.1, -0.05) is 11.8 Å². The first-order chi connectivity index (χ1) is 11.5. The van der Waals surface area contributed by atoms with Crippen LogP contribution in [-0.2, 0) is 0 Å². The predicted octanol–water partition coefficient (Wildman–Crippen LogP) is 0.990. The summed E-state index contributed by atoms with van der Waals surface area (Å²) < 4.78 is 7.02. The van der Waals surface area contributed by atoms with Gasteiger partial charge in [0, 0.05) is 5.75 Å². The molecule has 0 atom stereocenters. The van der Waals surface area contributed by atoms with Gasteiger partial charge in [-0.2, -0.15) is 9.61 Å². The maximum atomic E-state index is 11.5. The van der Waals surface area contributed by atoms with E-state index in [1.807, 2.05) is 0 Å². The number of nitrogens with zero attached hydrogens (tertiary/aromatic N) is 4. The molecule has 2 heterocycles. The number of benzene rings is 1. The predicted molar refractivity (Wildman–Crippen MR) is 85.8 cm³/mol. The number of aromatic amines is 1. The number of rotatable bonds is 6. The summed E-state index contributed by atoms with van der Waals surface area (Å²) in [5.74, 6) is 0.487. The van der Waals surface area contributed by atoms with Crippen LogP contribution in [0.2, 0.25) is 0 Å². The Kier molecular flexibility index (Phi) is 4.47. The maximum Gasteiger partial charge on any atom is 0.335 e. The van der Waals surface area contributed by atoms with Crippen molar-refractivity contribution in [2.75, 3.05) is 12.4 Å². The van der Waals surface area contributed by atoms with Gasteiger partial charge in [0.25, 0.3) is 11.3 Å². The van der Waals surface area contributed by atoms with E-state index in [0.717, 1.165) is 0 Å². The molecule has 3 rings (SSSR count). The molecule has 24 heavy (non-hydrogen) atoms. The van der Waals surface area contributed by atoms with Crippen LogP contribution in [0.1, 0.15) is 16.1 Å². The molecule has 0 radical (unpaired) electrons. The van der Waals surface area contributed by atoms with E-state index in [2.05, 4.69) is 20.3 Å². The Hall–Kier alpha value is -2.88. The van der Waals surface area contributed by atoms with Gasteiger partial charge < -0.3 is 9.84 Å². The molecule has 0 aliphatic carbocycles. The number of aromatic nitrogens is 5. The fourth-order valence-corrected chi connectivity index (χ4v) is 2.59. The second-order valence-corrected chi connectivity index (χ2v) is 5.85. The Bertz CT molecular complexity index is 934. The highest BCUT2D eigenvalue weighted by Crippen LogP contribution is 2.16. The van der Waals surface area contributed by atoms with Crippen molar-refractivity contribution in [1.82, 2.24) is 24.8 Å². The Morgan fingerprint density at radius 1 is 1.33 bits per heavy atom. The topological polar surface area (TPSA) is 122 Å². The first-order valence-electron chi connectivity index (χ1n) is 6.96. The number of thioether (sulfide) groups is 1. The standard InChI is InChI=1S/C14H13N5O4S/c1-8-11(20)15-13-16-17-14(19(13)18-8)24-7-6-23-10-4-2-9(3-5-10)12(21)22/h2-5H,6-7H2,1H3,(H,21,22)(H,15,16,20). The highest BCUT2D eigenvalue weighted by Gasteiger charge is 2.09. The van der Waals surface area contributed by atoms with E-state index >= 15 is 0 Å². The van der Waals surface area contributed by atoms with Crippen LogP contribution in [0.3, 0.4) is 0 Å². The fourth-order valence-electron chi connectivity index (χ4n) is 1.90. The normalized spacial score (nSPS) is 10.9. The number of carbonyl (C=O) groups is 1. The summed E-state index contributed by atoms with van der Waals surface area (Å²) in [6, 6.07) is 6.19. The molecule has 0 bridgehead atoms. The molecule has 2 aromatic heterocycles. The molecule has 0 fully saturated rings. The summed E-state index contributed by atoms with van der Waals surface area (Å²) in [6.07, 6.45) is 0. The lowest BCUT2D eigenvalue weighted by Gasteiger charge is -2.05. The highest BCUT2D eigenvalue weighted by atomic mass is 32.2. The van der Waals surface area contributed by atoms with E-state index in [1.54, 1.807) is 19.1 Å². The molecule has 0 unspecified atom stereocenters. The van der Waals surface area contributed by atoms with Crippen molar-refractivity contribution >= 4 is 23.5 Å². The quantitative estimate of drug-likeness (QED) is 0.500. The summed E-state index contributed by atoms with van der Waals surface area (Å²) >= 11 is 1.38. The van der Waals surface area contributed by atoms with E-state index in [-0.39, 0.29) is 11.1 Å². The SMILES string of the molecule is Cc1nn2c(SCCOc3ccc(C(=O)O)cc3)nnc2[nH]c1=O. The summed E-state index contributed by atoms with van der Waals surface area (Å²) in [7, 11) is 0. The zero-order valence-corrected chi connectivity index (χ0v) is 13.4. The fraction of sp³-hybridized carbons (Fsp3) is 0.214. The summed E-state index contributed by atoms with van der Waals surface area (Å²) in [5, 5.41) is 21.3. The number of carboxylic acids is 1. The monoisotopic (exact) mass is 347 g/mol. The second-order valence-electron chi connectivity index (χ2n) is 4.78. The first kappa shape index (κ1) is 16.0. The van der Waals surface area contributed by atoms with Gasteiger partial charge in [0.2, 0.25) is 5.16 Å². The smallest absolute Gasteiger partial charge is 0.335 e. The minimum absolute atomic E-state index is 0.210. The van der Waals surface area contributed by atoms with Crippen LogP contribution in [0.25, 0.3) is 5.78 Å². The van der Waals surface area contributed by atoms with Crippen LogP contribution in [0, 0.1) is 6.92 Å². The molecule has 0 amide bonds. The highest BCUT2D eigenvalue weighted by molar-refractivity contribution is 7.99. The van der Waals surface area contributed by atoms with E-state index in [9.17, 15) is 9.59 Å². The zero-order valence-electron chi connectivity index (χ0n) is 12.6. The molecule has 9 nitrogen and oxygen atoms in total. The number of nitrogens with one attached hydrogen (secondary N) is 1. The number of carboxylic acid groups (broad SMARTS) is 1. The third-order valence-electron chi connectivity index (χ3n) is 3.10. The molecule has 0 aliphatic heterocycles. The molecular weight excluding hydrogens is 334 g/mol. The van der Waals surface area contributed by atoms with Gasteiger partial charge in [-0.3, -0.25) is 9.78 Å². The largest absolute Gasteiger partial charge is 0.493 e. The van der Waals surface area contributed by atoms with E-state index in [4.69, 9.17) is 9.84 Å². The number of H-pyrrole nitrogens is 1. The van der Waals surface area contributed by atoms with E-state index < -0.39 is 5.97 Å². The summed E-state index contributed by atoms with van der Waals surface area (Å²) in [5.41, 5.74) is 0.251. The molecule has 3 aromatic rings. The Balaban J connectivity index is 1.58. The number of fused-ring (bicyclic) bond motifs is 1. The average Bonchev–Trinajstić information content (AvgIpc) is 2.94. The van der Waals surface area contributed by atoms with Crippen LogP contribution >= 0.6 is 11.8 Å². The van der Waals surface area contributed by atoms with Crippen LogP contribution in [0.15, 0.2) is 34.2 Å². The van der Waals surface area contributed by atoms with Gasteiger partial charge in [-0.15, -0.1) is 10.2 Å². The zero-order chi connectivity index (χ0) is 17.1. The van der Waals surface area contributed by atoms with Crippen molar-refractivity contribution in [2.24, 2.45) is 0 Å². The minimum atomic E-state index is -0.975. The van der Waals surface area contributed by atoms with Crippen molar-refractivity contribution in [3.63, 3.8) is 0 Å². The molecule has 10 heteroatoms. The van der Waals surface area contributed by atoms with Crippen molar-refractivity contribution in [1.29, 1.82) is 0 Å². The lowest BCUT2D eigenvalue weighted by atomic mass is 10.2. The lowest BCUT2D eigenvalue weighted by molar-refractivity contribution is 0.0697. The first-order valence-corrected chi connectivity index (χ1v) is 7.94. The number of ether oxygens (including phenoxy) is 1. The van der Waals surface area contributed by atoms with Crippen molar-refractivity contribution in [3.8, 4) is 5.75 Å². The molecule has 0 spiro atoms. The Labute approximate surface area is 139 Å². The Morgan fingerprint density at radius 2 is 2.08 bits per heavy atom. The summed E-state index contributed by atoms with van der Waals surface area (Å²) in [6.45, 7) is 2.00. The van der Waals surface area contributed by atoms with Gasteiger partial charge in [-0.05, 0) is 31.2 Å². The third kappa shape index (κ3) is 3.38. The molecule has 0 saturated heterocycles. The number of aryl methyl sites for hydroxylation is 1. The van der Waals surface area contributed by atoms with Crippen molar-refractivity contribution < 1.29 is 14.6 Å². The van der Waals surface area contributed by atoms with Crippen LogP contribution < -0.4 is 10.3 Å². The average molecular weight is 347 g/mol. The van der Waals surface area contributed by atoms with Crippen LogP contribution in [-0.4, -0.2) is 48.2 Å². The number of aromatic carboxylic acids is 1. The van der Waals surface area contributed by atoms with E-state index in [1.165, 1.54) is 28.4 Å².